The van der Waals surface area contributed by atoms with Crippen LogP contribution in [0.1, 0.15) is 30.0 Å². The van der Waals surface area contributed by atoms with Crippen LogP contribution >= 0.6 is 11.6 Å². The molecule has 1 amide bonds. The Balaban J connectivity index is 2.10. The van der Waals surface area contributed by atoms with E-state index in [1.807, 2.05) is 0 Å². The Bertz CT molecular complexity index is 1080. The van der Waals surface area contributed by atoms with Gasteiger partial charge in [0.2, 0.25) is 0 Å². The molecule has 0 aromatic heterocycles. The number of aliphatic carboxylic acids is 1. The number of nitro groups is 1. The van der Waals surface area contributed by atoms with E-state index in [9.17, 15) is 29.6 Å². The Morgan fingerprint density at radius 2 is 1.68 bits per heavy atom. The minimum atomic E-state index is -1.05. The van der Waals surface area contributed by atoms with Gasteiger partial charge in [-0.25, -0.2) is 0 Å². The molecule has 0 unspecified atom stereocenters. The Hall–Kier alpha value is -3.72. The summed E-state index contributed by atoms with van der Waals surface area (Å²) in [5, 5.41) is 31.1. The van der Waals surface area contributed by atoms with Crippen molar-refractivity contribution in [2.24, 2.45) is 0 Å². The summed E-state index contributed by atoms with van der Waals surface area (Å²) >= 11 is 5.87. The van der Waals surface area contributed by atoms with Gasteiger partial charge < -0.3 is 15.1 Å². The summed E-state index contributed by atoms with van der Waals surface area (Å²) < 4.78 is 0. The molecule has 2 N–H and O–H groups in total. The van der Waals surface area contributed by atoms with Crippen molar-refractivity contribution in [1.82, 2.24) is 4.90 Å². The molecule has 1 saturated heterocycles. The number of aliphatic hydroxyl groups is 1. The molecule has 1 aliphatic heterocycles. The van der Waals surface area contributed by atoms with Gasteiger partial charge in [0.1, 0.15) is 5.76 Å². The van der Waals surface area contributed by atoms with Crippen molar-refractivity contribution in [1.29, 1.82) is 0 Å². The molecule has 0 aliphatic carbocycles. The smallest absolute Gasteiger partial charge is 0.303 e. The molecule has 31 heavy (non-hydrogen) atoms. The maximum Gasteiger partial charge on any atom is 0.303 e. The molecule has 0 spiro atoms. The van der Waals surface area contributed by atoms with Gasteiger partial charge in [-0.15, -0.1) is 0 Å². The van der Waals surface area contributed by atoms with Gasteiger partial charge in [0.15, 0.2) is 0 Å². The number of ketones is 1. The van der Waals surface area contributed by atoms with Gasteiger partial charge in [-0.05, 0) is 48.4 Å². The van der Waals surface area contributed by atoms with Crippen LogP contribution < -0.4 is 0 Å². The number of nitrogens with zero attached hydrogens (tertiary/aromatic N) is 2. The lowest BCUT2D eigenvalue weighted by Gasteiger charge is -2.25. The Morgan fingerprint density at radius 3 is 2.23 bits per heavy atom. The Morgan fingerprint density at radius 1 is 1.06 bits per heavy atom. The van der Waals surface area contributed by atoms with E-state index >= 15 is 0 Å². The highest BCUT2D eigenvalue weighted by Crippen LogP contribution is 2.40. The van der Waals surface area contributed by atoms with E-state index in [-0.39, 0.29) is 36.2 Å². The number of carbonyl (C=O) groups is 3. The summed E-state index contributed by atoms with van der Waals surface area (Å²) in [6.07, 6.45) is -0.125. The first-order valence-corrected chi connectivity index (χ1v) is 9.59. The molecule has 2 aromatic carbocycles. The zero-order valence-electron chi connectivity index (χ0n) is 16.0. The number of non-ortho nitro benzene ring substituents is 1. The average Bonchev–Trinajstić information content (AvgIpc) is 2.98. The molecule has 1 heterocycles. The zero-order valence-corrected chi connectivity index (χ0v) is 16.8. The third kappa shape index (κ3) is 4.56. The predicted octanol–water partition coefficient (Wildman–Crippen LogP) is 3.53. The van der Waals surface area contributed by atoms with E-state index in [1.54, 1.807) is 0 Å². The molecular formula is C21H17ClN2O7. The number of aliphatic hydroxyl groups excluding tert-OH is 1. The lowest BCUT2D eigenvalue weighted by atomic mass is 9.95. The van der Waals surface area contributed by atoms with Crippen LogP contribution in [0, 0.1) is 10.1 Å². The minimum Gasteiger partial charge on any atom is -0.507 e. The number of benzene rings is 2. The fourth-order valence-electron chi connectivity index (χ4n) is 3.40. The maximum absolute atomic E-state index is 12.8. The number of carbonyl (C=O) groups excluding carboxylic acids is 2. The van der Waals surface area contributed by atoms with Gasteiger partial charge in [-0.3, -0.25) is 24.5 Å². The number of amides is 1. The molecule has 160 valence electrons. The minimum absolute atomic E-state index is 0.0457. The second kappa shape index (κ2) is 8.97. The zero-order chi connectivity index (χ0) is 22.7. The highest BCUT2D eigenvalue weighted by atomic mass is 35.5. The summed E-state index contributed by atoms with van der Waals surface area (Å²) in [6, 6.07) is 10.2. The first kappa shape index (κ1) is 22.0. The van der Waals surface area contributed by atoms with E-state index in [0.717, 1.165) is 0 Å². The summed E-state index contributed by atoms with van der Waals surface area (Å²) in [5.74, 6) is -3.28. The monoisotopic (exact) mass is 444 g/mol. The van der Waals surface area contributed by atoms with E-state index in [1.165, 1.54) is 53.4 Å². The van der Waals surface area contributed by atoms with Crippen LogP contribution in [-0.2, 0) is 14.4 Å². The van der Waals surface area contributed by atoms with Crippen molar-refractivity contribution >= 4 is 40.7 Å². The van der Waals surface area contributed by atoms with Crippen LogP contribution in [0.25, 0.3) is 5.76 Å². The topological polar surface area (TPSA) is 138 Å². The van der Waals surface area contributed by atoms with E-state index in [4.69, 9.17) is 16.7 Å². The molecule has 1 aliphatic rings. The molecule has 0 bridgehead atoms. The molecule has 1 fully saturated rings. The molecule has 0 saturated carbocycles. The second-order valence-electron chi connectivity index (χ2n) is 6.85. The highest BCUT2D eigenvalue weighted by Gasteiger charge is 2.45. The number of hydrogen-bond donors (Lipinski definition) is 2. The number of carboxylic acids is 1. The van der Waals surface area contributed by atoms with Crippen LogP contribution in [0.15, 0.2) is 54.1 Å². The average molecular weight is 445 g/mol. The number of rotatable bonds is 7. The van der Waals surface area contributed by atoms with E-state index in [2.05, 4.69) is 0 Å². The molecule has 2 aromatic rings. The molecule has 3 rings (SSSR count). The third-order valence-corrected chi connectivity index (χ3v) is 5.12. The van der Waals surface area contributed by atoms with E-state index in [0.29, 0.717) is 10.6 Å². The normalized spacial score (nSPS) is 17.7. The largest absolute Gasteiger partial charge is 0.507 e. The van der Waals surface area contributed by atoms with Gasteiger partial charge >= 0.3 is 5.97 Å². The molecule has 1 atom stereocenters. The predicted molar refractivity (Wildman–Crippen MR) is 110 cm³/mol. The standard InChI is InChI=1S/C21H17ClN2O7/c22-14-7-3-13(4-8-14)19(27)17-18(12-5-9-15(10-6-12)24(30)31)23(21(29)20(17)28)11-1-2-16(25)26/h3-10,18,27H,1-2,11H2,(H,25,26)/t18-/m1/s1. The summed E-state index contributed by atoms with van der Waals surface area (Å²) in [6.45, 7) is -0.0457. The molecule has 9 nitrogen and oxygen atoms in total. The number of hydrogen-bond acceptors (Lipinski definition) is 6. The van der Waals surface area contributed by atoms with Crippen LogP contribution in [0.5, 0.6) is 0 Å². The number of nitro benzene ring substituents is 1. The summed E-state index contributed by atoms with van der Waals surface area (Å²) in [5.41, 5.74) is 0.274. The lowest BCUT2D eigenvalue weighted by Crippen LogP contribution is -2.31. The maximum atomic E-state index is 12.8. The second-order valence-corrected chi connectivity index (χ2v) is 7.28. The quantitative estimate of drug-likeness (QED) is 0.219. The van der Waals surface area contributed by atoms with Crippen LogP contribution in [-0.4, -0.2) is 44.2 Å². The van der Waals surface area contributed by atoms with Crippen molar-refractivity contribution in [2.75, 3.05) is 6.54 Å². The summed E-state index contributed by atoms with van der Waals surface area (Å²) in [4.78, 5) is 47.9. The van der Waals surface area contributed by atoms with Crippen molar-refractivity contribution in [3.05, 3.63) is 80.4 Å². The van der Waals surface area contributed by atoms with E-state index < -0.39 is 34.4 Å². The van der Waals surface area contributed by atoms with Gasteiger partial charge in [0, 0.05) is 35.7 Å². The van der Waals surface area contributed by atoms with Gasteiger partial charge in [0.25, 0.3) is 17.4 Å². The first-order valence-electron chi connectivity index (χ1n) is 9.21. The van der Waals surface area contributed by atoms with Gasteiger partial charge in [-0.2, -0.15) is 0 Å². The van der Waals surface area contributed by atoms with Crippen LogP contribution in [0.3, 0.4) is 0 Å². The lowest BCUT2D eigenvalue weighted by molar-refractivity contribution is -0.384. The highest BCUT2D eigenvalue weighted by molar-refractivity contribution is 6.46. The Labute approximate surface area is 181 Å². The number of carboxylic acid groups (broad SMARTS) is 1. The summed E-state index contributed by atoms with van der Waals surface area (Å²) in [7, 11) is 0. The number of halogens is 1. The molecular weight excluding hydrogens is 428 g/mol. The van der Waals surface area contributed by atoms with Crippen molar-refractivity contribution < 1.29 is 29.5 Å². The van der Waals surface area contributed by atoms with Crippen LogP contribution in [0.4, 0.5) is 5.69 Å². The molecule has 0 radical (unpaired) electrons. The van der Waals surface area contributed by atoms with Crippen LogP contribution in [0.2, 0.25) is 5.02 Å². The fraction of sp³-hybridized carbons (Fsp3) is 0.190. The first-order chi connectivity index (χ1) is 14.7. The molecule has 10 heteroatoms. The SMILES string of the molecule is O=C(O)CCCN1C(=O)C(=O)C(=C(O)c2ccc(Cl)cc2)[C@H]1c1ccc([N+](=O)[O-])cc1. The third-order valence-electron chi connectivity index (χ3n) is 4.87. The van der Waals surface area contributed by atoms with Gasteiger partial charge in [0.05, 0.1) is 16.5 Å². The van der Waals surface area contributed by atoms with Crippen molar-refractivity contribution in [3.8, 4) is 0 Å². The number of likely N-dealkylation sites (tertiary alicyclic amines) is 1. The van der Waals surface area contributed by atoms with Crippen molar-refractivity contribution in [3.63, 3.8) is 0 Å². The Kier molecular flexibility index (Phi) is 6.36. The number of Topliss-reactive ketones (excluding diaryl/α,β-unsaturated/α-hetero) is 1. The van der Waals surface area contributed by atoms with Crippen molar-refractivity contribution in [2.45, 2.75) is 18.9 Å². The fourth-order valence-corrected chi connectivity index (χ4v) is 3.53. The van der Waals surface area contributed by atoms with Gasteiger partial charge in [-0.1, -0.05) is 11.6 Å².